The zero-order valence-corrected chi connectivity index (χ0v) is 19.0. The first kappa shape index (κ1) is 22.2. The summed E-state index contributed by atoms with van der Waals surface area (Å²) in [6, 6.07) is 8.05. The molecule has 0 radical (unpaired) electrons. The molecule has 2 aromatic heterocycles. The summed E-state index contributed by atoms with van der Waals surface area (Å²) in [6.07, 6.45) is 2.84. The van der Waals surface area contributed by atoms with E-state index in [0.29, 0.717) is 35.0 Å². The fraction of sp³-hybridized carbons (Fsp3) is 0.391. The molecule has 1 aliphatic heterocycles. The summed E-state index contributed by atoms with van der Waals surface area (Å²) in [7, 11) is 0. The van der Waals surface area contributed by atoms with Crippen LogP contribution in [0.2, 0.25) is 5.02 Å². The minimum Gasteiger partial charge on any atom is -0.444 e. The number of anilines is 2. The number of carbonyl (C=O) groups is 1. The van der Waals surface area contributed by atoms with Crippen molar-refractivity contribution < 1.29 is 13.9 Å². The highest BCUT2D eigenvalue weighted by Gasteiger charge is 2.29. The first-order chi connectivity index (χ1) is 15.2. The van der Waals surface area contributed by atoms with Crippen molar-refractivity contribution >= 4 is 40.2 Å². The first-order valence-corrected chi connectivity index (χ1v) is 10.9. The molecule has 3 heterocycles. The Hall–Kier alpha value is -3.00. The molecule has 3 aromatic rings. The molecule has 168 valence electrons. The molecule has 1 saturated heterocycles. The SMILES string of the molecule is CC(C)(C)OC(=O)N1CCCC(c2ccc3ncnc(Nc4cc(Cl)ccc4F)c3n2)C1. The number of ether oxygens (including phenoxy) is 1. The van der Waals surface area contributed by atoms with Gasteiger partial charge in [0, 0.05) is 29.7 Å². The molecule has 0 bridgehead atoms. The van der Waals surface area contributed by atoms with Gasteiger partial charge >= 0.3 is 6.09 Å². The maximum Gasteiger partial charge on any atom is 0.410 e. The van der Waals surface area contributed by atoms with Crippen molar-refractivity contribution in [3.05, 3.63) is 53.2 Å². The van der Waals surface area contributed by atoms with Crippen LogP contribution in [0.1, 0.15) is 45.2 Å². The number of aromatic nitrogens is 3. The maximum absolute atomic E-state index is 14.2. The molecular weight excluding hydrogens is 433 g/mol. The van der Waals surface area contributed by atoms with Gasteiger partial charge in [0.25, 0.3) is 0 Å². The van der Waals surface area contributed by atoms with Crippen molar-refractivity contribution in [1.82, 2.24) is 19.9 Å². The van der Waals surface area contributed by atoms with E-state index in [1.807, 2.05) is 32.9 Å². The monoisotopic (exact) mass is 457 g/mol. The van der Waals surface area contributed by atoms with E-state index in [2.05, 4.69) is 15.3 Å². The average molecular weight is 458 g/mol. The standard InChI is InChI=1S/C23H25ClFN5O2/c1-23(2,3)32-22(31)30-10-4-5-14(12-30)17-8-9-18-20(28-17)21(27-13-26-18)29-19-11-15(24)6-7-16(19)25/h6-9,11,13-14H,4-5,10,12H2,1-3H3,(H,26,27,29). The zero-order valence-electron chi connectivity index (χ0n) is 18.2. The molecule has 1 atom stereocenters. The highest BCUT2D eigenvalue weighted by atomic mass is 35.5. The van der Waals surface area contributed by atoms with Gasteiger partial charge in [-0.25, -0.2) is 24.1 Å². The lowest BCUT2D eigenvalue weighted by molar-refractivity contribution is 0.0197. The van der Waals surface area contributed by atoms with Crippen molar-refractivity contribution in [3.8, 4) is 0 Å². The fourth-order valence-electron chi connectivity index (χ4n) is 3.71. The van der Waals surface area contributed by atoms with Crippen molar-refractivity contribution in [2.75, 3.05) is 18.4 Å². The van der Waals surface area contributed by atoms with Crippen LogP contribution in [0.15, 0.2) is 36.7 Å². The lowest BCUT2D eigenvalue weighted by Crippen LogP contribution is -2.42. The molecular formula is C23H25ClFN5O2. The molecule has 0 aliphatic carbocycles. The molecule has 32 heavy (non-hydrogen) atoms. The summed E-state index contributed by atoms with van der Waals surface area (Å²) in [5.41, 5.74) is 1.65. The Morgan fingerprint density at radius 3 is 2.84 bits per heavy atom. The number of hydrogen-bond acceptors (Lipinski definition) is 6. The molecule has 1 aliphatic rings. The number of nitrogens with one attached hydrogen (secondary N) is 1. The van der Waals surface area contributed by atoms with Gasteiger partial charge in [-0.3, -0.25) is 0 Å². The Morgan fingerprint density at radius 1 is 1.25 bits per heavy atom. The van der Waals surface area contributed by atoms with E-state index in [0.717, 1.165) is 18.5 Å². The van der Waals surface area contributed by atoms with E-state index in [-0.39, 0.29) is 17.7 Å². The highest BCUT2D eigenvalue weighted by molar-refractivity contribution is 6.30. The van der Waals surface area contributed by atoms with Gasteiger partial charge in [-0.2, -0.15) is 0 Å². The van der Waals surface area contributed by atoms with Crippen molar-refractivity contribution in [2.45, 2.75) is 45.1 Å². The molecule has 1 unspecified atom stereocenters. The molecule has 1 fully saturated rings. The zero-order chi connectivity index (χ0) is 22.9. The number of likely N-dealkylation sites (tertiary alicyclic amines) is 1. The predicted octanol–water partition coefficient (Wildman–Crippen LogP) is 5.68. The van der Waals surface area contributed by atoms with Crippen LogP contribution >= 0.6 is 11.6 Å². The fourth-order valence-corrected chi connectivity index (χ4v) is 3.88. The Labute approximate surface area is 191 Å². The third-order valence-electron chi connectivity index (χ3n) is 5.18. The normalized spacial score (nSPS) is 16.8. The van der Waals surface area contributed by atoms with E-state index in [1.165, 1.54) is 24.5 Å². The summed E-state index contributed by atoms with van der Waals surface area (Å²) in [5.74, 6) is -0.00736. The summed E-state index contributed by atoms with van der Waals surface area (Å²) in [6.45, 7) is 6.74. The van der Waals surface area contributed by atoms with Crippen LogP contribution in [-0.2, 0) is 4.74 Å². The second kappa shape index (κ2) is 8.86. The summed E-state index contributed by atoms with van der Waals surface area (Å²) in [5, 5.41) is 3.39. The van der Waals surface area contributed by atoms with Gasteiger partial charge in [0.1, 0.15) is 23.3 Å². The van der Waals surface area contributed by atoms with E-state index < -0.39 is 11.4 Å². The Bertz CT molecular complexity index is 1150. The Balaban J connectivity index is 1.61. The average Bonchev–Trinajstić information content (AvgIpc) is 2.75. The van der Waals surface area contributed by atoms with Crippen LogP contribution in [0.5, 0.6) is 0 Å². The largest absolute Gasteiger partial charge is 0.444 e. The molecule has 1 aromatic carbocycles. The van der Waals surface area contributed by atoms with Gasteiger partial charge in [0.15, 0.2) is 5.82 Å². The van der Waals surface area contributed by atoms with Gasteiger partial charge in [-0.05, 0) is 63.9 Å². The van der Waals surface area contributed by atoms with Gasteiger partial charge in [-0.1, -0.05) is 11.6 Å². The number of halogens is 2. The maximum atomic E-state index is 14.2. The van der Waals surface area contributed by atoms with E-state index in [1.54, 1.807) is 4.90 Å². The molecule has 0 spiro atoms. The molecule has 4 rings (SSSR count). The lowest BCUT2D eigenvalue weighted by atomic mass is 9.94. The smallest absolute Gasteiger partial charge is 0.410 e. The number of carbonyl (C=O) groups excluding carboxylic acids is 1. The molecule has 0 saturated carbocycles. The number of benzene rings is 1. The lowest BCUT2D eigenvalue weighted by Gasteiger charge is -2.34. The first-order valence-electron chi connectivity index (χ1n) is 10.5. The van der Waals surface area contributed by atoms with Crippen LogP contribution in [0.25, 0.3) is 11.0 Å². The Morgan fingerprint density at radius 2 is 2.06 bits per heavy atom. The predicted molar refractivity (Wildman–Crippen MR) is 122 cm³/mol. The number of nitrogens with zero attached hydrogens (tertiary/aromatic N) is 4. The van der Waals surface area contributed by atoms with E-state index >= 15 is 0 Å². The van der Waals surface area contributed by atoms with Gasteiger partial charge in [-0.15, -0.1) is 0 Å². The van der Waals surface area contributed by atoms with Crippen LogP contribution in [0.4, 0.5) is 20.7 Å². The van der Waals surface area contributed by atoms with Crippen molar-refractivity contribution in [1.29, 1.82) is 0 Å². The van der Waals surface area contributed by atoms with E-state index in [4.69, 9.17) is 21.3 Å². The van der Waals surface area contributed by atoms with Crippen molar-refractivity contribution in [3.63, 3.8) is 0 Å². The second-order valence-electron chi connectivity index (χ2n) is 8.84. The minimum absolute atomic E-state index is 0.0524. The molecule has 1 amide bonds. The summed E-state index contributed by atoms with van der Waals surface area (Å²) in [4.78, 5) is 27.6. The highest BCUT2D eigenvalue weighted by Crippen LogP contribution is 2.30. The number of pyridine rings is 1. The van der Waals surface area contributed by atoms with Crippen LogP contribution in [-0.4, -0.2) is 44.6 Å². The van der Waals surface area contributed by atoms with Gasteiger partial charge in [0.2, 0.25) is 0 Å². The molecule has 9 heteroatoms. The molecule has 7 nitrogen and oxygen atoms in total. The van der Waals surface area contributed by atoms with Crippen molar-refractivity contribution in [2.24, 2.45) is 0 Å². The van der Waals surface area contributed by atoms with Crippen LogP contribution in [0, 0.1) is 5.82 Å². The topological polar surface area (TPSA) is 80.2 Å². The van der Waals surface area contributed by atoms with Gasteiger partial charge < -0.3 is 15.0 Å². The number of rotatable bonds is 3. The second-order valence-corrected chi connectivity index (χ2v) is 9.28. The third-order valence-corrected chi connectivity index (χ3v) is 5.41. The van der Waals surface area contributed by atoms with E-state index in [9.17, 15) is 9.18 Å². The Kier molecular flexibility index (Phi) is 6.15. The number of fused-ring (bicyclic) bond motifs is 1. The van der Waals surface area contributed by atoms with Crippen LogP contribution < -0.4 is 5.32 Å². The summed E-state index contributed by atoms with van der Waals surface area (Å²) < 4.78 is 19.8. The van der Waals surface area contributed by atoms with Crippen LogP contribution in [0.3, 0.4) is 0 Å². The number of amides is 1. The summed E-state index contributed by atoms with van der Waals surface area (Å²) >= 11 is 6.01. The van der Waals surface area contributed by atoms with Gasteiger partial charge in [0.05, 0.1) is 11.2 Å². The third kappa shape index (κ3) is 5.07. The number of hydrogen-bond donors (Lipinski definition) is 1. The molecule has 1 N–H and O–H groups in total. The number of piperidine rings is 1. The quantitative estimate of drug-likeness (QED) is 0.545. The minimum atomic E-state index is -0.543.